The van der Waals surface area contributed by atoms with E-state index in [0.29, 0.717) is 6.42 Å². The maximum Gasteiger partial charge on any atom is 0.407 e. The van der Waals surface area contributed by atoms with E-state index in [2.05, 4.69) is 10.1 Å². The van der Waals surface area contributed by atoms with Gasteiger partial charge < -0.3 is 34.5 Å². The number of nitrogens with one attached hydrogen (secondary N) is 1. The Morgan fingerprint density at radius 1 is 1.18 bits per heavy atom. The fourth-order valence-electron chi connectivity index (χ4n) is 2.51. The predicted octanol–water partition coefficient (Wildman–Crippen LogP) is 0.967. The molecule has 0 saturated heterocycles. The highest BCUT2D eigenvalue weighted by atomic mass is 16.7. The molecule has 3 N–H and O–H groups in total. The van der Waals surface area contributed by atoms with E-state index in [9.17, 15) is 19.8 Å². The molecule has 1 aromatic rings. The van der Waals surface area contributed by atoms with Gasteiger partial charge in [0.15, 0.2) is 0 Å². The molecular weight excluding hydrogens is 370 g/mol. The Hall–Kier alpha value is -2.20. The van der Waals surface area contributed by atoms with Crippen LogP contribution in [0.15, 0.2) is 30.3 Å². The molecule has 0 saturated carbocycles. The predicted molar refractivity (Wildman–Crippen MR) is 99.3 cm³/mol. The van der Waals surface area contributed by atoms with Gasteiger partial charge in [0.05, 0.1) is 25.9 Å². The van der Waals surface area contributed by atoms with Crippen molar-refractivity contribution in [3.8, 4) is 0 Å². The Labute approximate surface area is 164 Å². The van der Waals surface area contributed by atoms with Crippen LogP contribution in [0, 0.1) is 0 Å². The smallest absolute Gasteiger partial charge is 0.407 e. The minimum Gasteiger partial charge on any atom is -0.469 e. The lowest BCUT2D eigenvalue weighted by molar-refractivity contribution is -0.142. The second-order valence-corrected chi connectivity index (χ2v) is 6.07. The van der Waals surface area contributed by atoms with Crippen LogP contribution >= 0.6 is 0 Å². The number of esters is 1. The summed E-state index contributed by atoms with van der Waals surface area (Å²) in [5.74, 6) is -0.386. The number of ether oxygens (including phenoxy) is 4. The SMILES string of the molecule is COCO[C@@H]([C@H](CO)NC(=O)OCc1ccccc1)[C@@H](O)CCCC(=O)OC. The zero-order valence-corrected chi connectivity index (χ0v) is 16.2. The van der Waals surface area contributed by atoms with E-state index < -0.39 is 30.9 Å². The average Bonchev–Trinajstić information content (AvgIpc) is 2.72. The summed E-state index contributed by atoms with van der Waals surface area (Å²) in [6.45, 7) is -0.561. The molecular formula is C19H29NO8. The maximum absolute atomic E-state index is 12.1. The molecule has 1 amide bonds. The van der Waals surface area contributed by atoms with E-state index in [1.165, 1.54) is 14.2 Å². The number of alkyl carbamates (subject to hydrolysis) is 1. The van der Waals surface area contributed by atoms with Gasteiger partial charge in [-0.15, -0.1) is 0 Å². The minimum absolute atomic E-state index is 0.0656. The first-order valence-corrected chi connectivity index (χ1v) is 8.95. The number of carbonyl (C=O) groups is 2. The van der Waals surface area contributed by atoms with Crippen molar-refractivity contribution < 1.29 is 38.7 Å². The molecule has 0 bridgehead atoms. The highest BCUT2D eigenvalue weighted by molar-refractivity contribution is 5.69. The highest BCUT2D eigenvalue weighted by Crippen LogP contribution is 2.13. The Morgan fingerprint density at radius 3 is 2.50 bits per heavy atom. The largest absolute Gasteiger partial charge is 0.469 e. The second-order valence-electron chi connectivity index (χ2n) is 6.07. The first-order chi connectivity index (χ1) is 13.5. The molecule has 28 heavy (non-hydrogen) atoms. The molecule has 0 unspecified atom stereocenters. The van der Waals surface area contributed by atoms with Crippen molar-refractivity contribution in [3.05, 3.63) is 35.9 Å². The molecule has 1 rings (SSSR count). The van der Waals surface area contributed by atoms with E-state index in [4.69, 9.17) is 14.2 Å². The van der Waals surface area contributed by atoms with Gasteiger partial charge >= 0.3 is 12.1 Å². The first-order valence-electron chi connectivity index (χ1n) is 8.95. The zero-order chi connectivity index (χ0) is 20.8. The van der Waals surface area contributed by atoms with Crippen molar-refractivity contribution in [2.24, 2.45) is 0 Å². The Balaban J connectivity index is 2.60. The fourth-order valence-corrected chi connectivity index (χ4v) is 2.51. The van der Waals surface area contributed by atoms with Gasteiger partial charge in [-0.3, -0.25) is 4.79 Å². The highest BCUT2D eigenvalue weighted by Gasteiger charge is 2.30. The van der Waals surface area contributed by atoms with Crippen molar-refractivity contribution in [1.29, 1.82) is 0 Å². The van der Waals surface area contributed by atoms with Gasteiger partial charge in [-0.1, -0.05) is 30.3 Å². The lowest BCUT2D eigenvalue weighted by Crippen LogP contribution is -2.52. The molecule has 0 aliphatic heterocycles. The molecule has 0 fully saturated rings. The Morgan fingerprint density at radius 2 is 1.89 bits per heavy atom. The van der Waals surface area contributed by atoms with Crippen LogP contribution < -0.4 is 5.32 Å². The van der Waals surface area contributed by atoms with Crippen molar-refractivity contribution in [3.63, 3.8) is 0 Å². The first kappa shape index (κ1) is 23.8. The summed E-state index contributed by atoms with van der Waals surface area (Å²) in [7, 11) is 2.70. The van der Waals surface area contributed by atoms with Crippen molar-refractivity contribution >= 4 is 12.1 Å². The normalized spacial score (nSPS) is 14.0. The van der Waals surface area contributed by atoms with Crippen LogP contribution in [0.4, 0.5) is 4.79 Å². The number of amides is 1. The van der Waals surface area contributed by atoms with Gasteiger partial charge in [-0.2, -0.15) is 0 Å². The summed E-state index contributed by atoms with van der Waals surface area (Å²) in [5, 5.41) is 22.6. The van der Waals surface area contributed by atoms with Crippen LogP contribution in [0.3, 0.4) is 0 Å². The Bertz CT molecular complexity index is 568. The summed E-state index contributed by atoms with van der Waals surface area (Å²) in [6.07, 6.45) is -2.05. The van der Waals surface area contributed by atoms with Gasteiger partial charge in [-0.05, 0) is 18.4 Å². The number of hydrogen-bond acceptors (Lipinski definition) is 8. The summed E-state index contributed by atoms with van der Waals surface area (Å²) < 4.78 is 20.0. The molecule has 0 heterocycles. The van der Waals surface area contributed by atoms with E-state index >= 15 is 0 Å². The van der Waals surface area contributed by atoms with Crippen LogP contribution in [-0.4, -0.2) is 68.1 Å². The van der Waals surface area contributed by atoms with Crippen molar-refractivity contribution in [1.82, 2.24) is 5.32 Å². The summed E-state index contributed by atoms with van der Waals surface area (Å²) in [6, 6.07) is 8.20. The van der Waals surface area contributed by atoms with Crippen LogP contribution in [0.1, 0.15) is 24.8 Å². The fraction of sp³-hybridized carbons (Fsp3) is 0.579. The number of aliphatic hydroxyl groups is 2. The topological polar surface area (TPSA) is 124 Å². The number of benzene rings is 1. The number of hydrogen-bond donors (Lipinski definition) is 3. The maximum atomic E-state index is 12.1. The number of aliphatic hydroxyl groups excluding tert-OH is 2. The zero-order valence-electron chi connectivity index (χ0n) is 16.2. The second kappa shape index (κ2) is 13.9. The summed E-state index contributed by atoms with van der Waals surface area (Å²) in [4.78, 5) is 23.2. The lowest BCUT2D eigenvalue weighted by Gasteiger charge is -2.30. The third-order valence-electron chi connectivity index (χ3n) is 3.98. The van der Waals surface area contributed by atoms with E-state index in [-0.39, 0.29) is 32.2 Å². The standard InChI is InChI=1S/C19H29NO8/c1-25-13-28-18(16(22)9-6-10-17(23)26-2)15(11-21)20-19(24)27-12-14-7-4-3-5-8-14/h3-5,7-8,15-16,18,21-22H,6,9-13H2,1-2H3,(H,20,24)/t15-,16-,18-/m0/s1. The van der Waals surface area contributed by atoms with Crippen LogP contribution in [-0.2, 0) is 30.3 Å². The summed E-state index contributed by atoms with van der Waals surface area (Å²) >= 11 is 0. The molecule has 0 aromatic heterocycles. The van der Waals surface area contributed by atoms with Crippen LogP contribution in [0.2, 0.25) is 0 Å². The molecule has 1 aromatic carbocycles. The molecule has 0 aliphatic carbocycles. The Kier molecular flexibility index (Phi) is 11.8. The lowest BCUT2D eigenvalue weighted by atomic mass is 10.0. The quantitative estimate of drug-likeness (QED) is 0.331. The van der Waals surface area contributed by atoms with Gasteiger partial charge in [0.1, 0.15) is 19.5 Å². The number of rotatable bonds is 13. The van der Waals surface area contributed by atoms with E-state index in [1.807, 2.05) is 30.3 Å². The van der Waals surface area contributed by atoms with Gasteiger partial charge in [0, 0.05) is 13.5 Å². The third kappa shape index (κ3) is 9.14. The third-order valence-corrected chi connectivity index (χ3v) is 3.98. The van der Waals surface area contributed by atoms with Gasteiger partial charge in [0.25, 0.3) is 0 Å². The molecule has 0 spiro atoms. The average molecular weight is 399 g/mol. The minimum atomic E-state index is -1.05. The molecule has 9 heteroatoms. The van der Waals surface area contributed by atoms with Crippen molar-refractivity contribution in [2.45, 2.75) is 44.1 Å². The molecule has 3 atom stereocenters. The molecule has 0 aliphatic rings. The van der Waals surface area contributed by atoms with Gasteiger partial charge in [0.2, 0.25) is 0 Å². The molecule has 158 valence electrons. The van der Waals surface area contributed by atoms with Crippen LogP contribution in [0.25, 0.3) is 0 Å². The summed E-state index contributed by atoms with van der Waals surface area (Å²) in [5.41, 5.74) is 0.813. The number of carbonyl (C=O) groups excluding carboxylic acids is 2. The van der Waals surface area contributed by atoms with E-state index in [0.717, 1.165) is 5.56 Å². The van der Waals surface area contributed by atoms with E-state index in [1.54, 1.807) is 0 Å². The van der Waals surface area contributed by atoms with Gasteiger partial charge in [-0.25, -0.2) is 4.79 Å². The number of methoxy groups -OCH3 is 2. The van der Waals surface area contributed by atoms with Crippen LogP contribution in [0.5, 0.6) is 0 Å². The molecule has 0 radical (unpaired) electrons. The molecule has 9 nitrogen and oxygen atoms in total. The monoisotopic (exact) mass is 399 g/mol. The van der Waals surface area contributed by atoms with Crippen molar-refractivity contribution in [2.75, 3.05) is 27.6 Å².